The van der Waals surface area contributed by atoms with Gasteiger partial charge in [0.25, 0.3) is 0 Å². The third kappa shape index (κ3) is 1.98. The summed E-state index contributed by atoms with van der Waals surface area (Å²) in [5.41, 5.74) is 1.85. The molecule has 0 atom stereocenters. The first kappa shape index (κ1) is 8.50. The van der Waals surface area contributed by atoms with Crippen molar-refractivity contribution >= 4 is 17.3 Å². The molecule has 0 amide bonds. The van der Waals surface area contributed by atoms with Crippen LogP contribution >= 0.6 is 11.3 Å². The smallest absolute Gasteiger partial charge is 0.194 e. The van der Waals surface area contributed by atoms with E-state index in [0.717, 1.165) is 25.6 Å². The first-order chi connectivity index (χ1) is 6.36. The number of nitrogens with one attached hydrogen (secondary N) is 1. The van der Waals surface area contributed by atoms with Gasteiger partial charge in [-0.3, -0.25) is 9.98 Å². The minimum Gasteiger partial charge on any atom is -0.354 e. The zero-order valence-electron chi connectivity index (χ0n) is 7.53. The van der Waals surface area contributed by atoms with Gasteiger partial charge in [0, 0.05) is 24.7 Å². The molecule has 0 aromatic carbocycles. The predicted octanol–water partition coefficient (Wildman–Crippen LogP) is 0.534. The van der Waals surface area contributed by atoms with E-state index in [1.54, 1.807) is 11.3 Å². The Hall–Kier alpha value is -1.10. The Morgan fingerprint density at radius 1 is 1.69 bits per heavy atom. The fraction of sp³-hybridized carbons (Fsp3) is 0.500. The van der Waals surface area contributed by atoms with E-state index in [1.165, 1.54) is 4.88 Å². The van der Waals surface area contributed by atoms with Gasteiger partial charge in [0.1, 0.15) is 0 Å². The first-order valence-corrected chi connectivity index (χ1v) is 5.11. The zero-order valence-corrected chi connectivity index (χ0v) is 8.34. The van der Waals surface area contributed by atoms with Crippen LogP contribution in [0, 0.1) is 0 Å². The second-order valence-corrected chi connectivity index (χ2v) is 3.93. The second-order valence-electron chi connectivity index (χ2n) is 2.96. The van der Waals surface area contributed by atoms with Crippen LogP contribution in [0.15, 0.2) is 16.7 Å². The molecular weight excluding hydrogens is 184 g/mol. The van der Waals surface area contributed by atoms with Gasteiger partial charge in [-0.1, -0.05) is 0 Å². The van der Waals surface area contributed by atoms with Gasteiger partial charge in [-0.2, -0.15) is 0 Å². The number of rotatable bonds is 2. The van der Waals surface area contributed by atoms with Gasteiger partial charge in [0.05, 0.1) is 18.6 Å². The fourth-order valence-electron chi connectivity index (χ4n) is 1.27. The summed E-state index contributed by atoms with van der Waals surface area (Å²) in [7, 11) is 2.04. The van der Waals surface area contributed by atoms with E-state index in [9.17, 15) is 0 Å². The van der Waals surface area contributed by atoms with E-state index < -0.39 is 0 Å². The molecular formula is C8H12N4S. The predicted molar refractivity (Wildman–Crippen MR) is 53.9 cm³/mol. The molecule has 1 aliphatic heterocycles. The Morgan fingerprint density at radius 3 is 3.23 bits per heavy atom. The summed E-state index contributed by atoms with van der Waals surface area (Å²) in [5.74, 6) is 0.994. The molecule has 0 radical (unpaired) electrons. The lowest BCUT2D eigenvalue weighted by molar-refractivity contribution is 0.491. The van der Waals surface area contributed by atoms with Gasteiger partial charge in [0.15, 0.2) is 5.96 Å². The molecule has 1 aromatic rings. The fourth-order valence-corrected chi connectivity index (χ4v) is 1.92. The maximum atomic E-state index is 4.33. The molecule has 13 heavy (non-hydrogen) atoms. The monoisotopic (exact) mass is 196 g/mol. The maximum Gasteiger partial charge on any atom is 0.194 e. The van der Waals surface area contributed by atoms with Crippen LogP contribution in [0.2, 0.25) is 0 Å². The molecule has 5 heteroatoms. The third-order valence-corrected chi connectivity index (χ3v) is 2.66. The molecule has 0 saturated carbocycles. The molecule has 0 unspecified atom stereocenters. The second kappa shape index (κ2) is 3.74. The molecule has 0 bridgehead atoms. The molecule has 0 saturated heterocycles. The van der Waals surface area contributed by atoms with Crippen molar-refractivity contribution in [3.8, 4) is 0 Å². The van der Waals surface area contributed by atoms with Gasteiger partial charge in [0.2, 0.25) is 0 Å². The minimum absolute atomic E-state index is 0.885. The molecule has 1 aliphatic rings. The molecule has 0 aliphatic carbocycles. The van der Waals surface area contributed by atoms with Crippen molar-refractivity contribution in [2.45, 2.75) is 6.54 Å². The molecule has 0 spiro atoms. The highest BCUT2D eigenvalue weighted by atomic mass is 32.1. The lowest BCUT2D eigenvalue weighted by Crippen LogP contribution is -2.34. The highest BCUT2D eigenvalue weighted by Crippen LogP contribution is 2.08. The Kier molecular flexibility index (Phi) is 2.44. The molecule has 1 N–H and O–H groups in total. The van der Waals surface area contributed by atoms with Crippen molar-refractivity contribution in [1.82, 2.24) is 15.2 Å². The standard InChI is InChI=1S/C8H12N4S/c1-12(8-10-2-3-11-8)5-7-4-9-6-13-7/h4,6H,2-3,5H2,1H3,(H,10,11). The lowest BCUT2D eigenvalue weighted by atomic mass is 10.5. The van der Waals surface area contributed by atoms with Gasteiger partial charge in [-0.05, 0) is 0 Å². The number of aliphatic imine (C=N–C) groups is 1. The molecule has 2 rings (SSSR count). The largest absolute Gasteiger partial charge is 0.354 e. The summed E-state index contributed by atoms with van der Waals surface area (Å²) >= 11 is 1.67. The summed E-state index contributed by atoms with van der Waals surface area (Å²) < 4.78 is 0. The van der Waals surface area contributed by atoms with Crippen LogP contribution in [0.4, 0.5) is 0 Å². The van der Waals surface area contributed by atoms with Crippen LogP contribution in [0.5, 0.6) is 0 Å². The molecule has 1 aromatic heterocycles. The van der Waals surface area contributed by atoms with Crippen LogP contribution in [-0.4, -0.2) is 36.0 Å². The van der Waals surface area contributed by atoms with Crippen LogP contribution in [-0.2, 0) is 6.54 Å². The number of aromatic nitrogens is 1. The van der Waals surface area contributed by atoms with Crippen molar-refractivity contribution < 1.29 is 0 Å². The summed E-state index contributed by atoms with van der Waals surface area (Å²) in [6.45, 7) is 2.74. The van der Waals surface area contributed by atoms with E-state index in [1.807, 2.05) is 18.8 Å². The van der Waals surface area contributed by atoms with Gasteiger partial charge in [-0.25, -0.2) is 0 Å². The summed E-state index contributed by atoms with van der Waals surface area (Å²) in [4.78, 5) is 11.7. The quantitative estimate of drug-likeness (QED) is 0.750. The van der Waals surface area contributed by atoms with E-state index in [2.05, 4.69) is 20.2 Å². The van der Waals surface area contributed by atoms with Crippen molar-refractivity contribution in [1.29, 1.82) is 0 Å². The van der Waals surface area contributed by atoms with E-state index in [0.29, 0.717) is 0 Å². The molecule has 4 nitrogen and oxygen atoms in total. The SMILES string of the molecule is CN(Cc1cncs1)C1=NCCN1. The maximum absolute atomic E-state index is 4.33. The normalized spacial score (nSPS) is 15.3. The summed E-state index contributed by atoms with van der Waals surface area (Å²) in [6, 6.07) is 0. The minimum atomic E-state index is 0.885. The van der Waals surface area contributed by atoms with Crippen molar-refractivity contribution in [2.75, 3.05) is 20.1 Å². The average Bonchev–Trinajstić information content (AvgIpc) is 2.74. The number of guanidine groups is 1. The van der Waals surface area contributed by atoms with Crippen LogP contribution in [0.1, 0.15) is 4.88 Å². The Morgan fingerprint density at radius 2 is 2.62 bits per heavy atom. The number of hydrogen-bond donors (Lipinski definition) is 1. The van der Waals surface area contributed by atoms with E-state index in [4.69, 9.17) is 0 Å². The van der Waals surface area contributed by atoms with E-state index in [-0.39, 0.29) is 0 Å². The van der Waals surface area contributed by atoms with Gasteiger partial charge in [-0.15, -0.1) is 11.3 Å². The third-order valence-electron chi connectivity index (χ3n) is 1.89. The highest BCUT2D eigenvalue weighted by molar-refractivity contribution is 7.09. The van der Waals surface area contributed by atoms with Crippen LogP contribution in [0.3, 0.4) is 0 Å². The topological polar surface area (TPSA) is 40.5 Å². The highest BCUT2D eigenvalue weighted by Gasteiger charge is 2.10. The van der Waals surface area contributed by atoms with Crippen LogP contribution in [0.25, 0.3) is 0 Å². The number of nitrogens with zero attached hydrogens (tertiary/aromatic N) is 3. The number of hydrogen-bond acceptors (Lipinski definition) is 5. The van der Waals surface area contributed by atoms with E-state index >= 15 is 0 Å². The lowest BCUT2D eigenvalue weighted by Gasteiger charge is -2.17. The van der Waals surface area contributed by atoms with Crippen LogP contribution < -0.4 is 5.32 Å². The van der Waals surface area contributed by atoms with Gasteiger partial charge >= 0.3 is 0 Å². The number of thiazole rings is 1. The molecule has 0 fully saturated rings. The molecule has 70 valence electrons. The molecule has 2 heterocycles. The van der Waals surface area contributed by atoms with Gasteiger partial charge < -0.3 is 10.2 Å². The first-order valence-electron chi connectivity index (χ1n) is 4.23. The Balaban J connectivity index is 1.95. The van der Waals surface area contributed by atoms with Crippen molar-refractivity contribution in [2.24, 2.45) is 4.99 Å². The van der Waals surface area contributed by atoms with Crippen molar-refractivity contribution in [3.05, 3.63) is 16.6 Å². The average molecular weight is 196 g/mol. The zero-order chi connectivity index (χ0) is 9.10. The Labute approximate surface area is 81.3 Å². The van der Waals surface area contributed by atoms with Crippen molar-refractivity contribution in [3.63, 3.8) is 0 Å². The summed E-state index contributed by atoms with van der Waals surface area (Å²) in [6.07, 6.45) is 1.90. The Bertz CT molecular complexity index is 293. The summed E-state index contributed by atoms with van der Waals surface area (Å²) in [5, 5.41) is 3.23.